The van der Waals surface area contributed by atoms with Gasteiger partial charge in [0.2, 0.25) is 10.0 Å². The fourth-order valence-corrected chi connectivity index (χ4v) is 3.24. The van der Waals surface area contributed by atoms with Gasteiger partial charge in [-0.25, -0.2) is 8.42 Å². The van der Waals surface area contributed by atoms with Crippen molar-refractivity contribution in [3.63, 3.8) is 0 Å². The monoisotopic (exact) mass is 361 g/mol. The molecule has 0 saturated heterocycles. The maximum Gasteiger partial charge on any atom is 0.416 e. The first-order chi connectivity index (χ1) is 11.1. The molecule has 1 atom stereocenters. The summed E-state index contributed by atoms with van der Waals surface area (Å²) in [4.78, 5) is 6.94. The minimum absolute atomic E-state index is 0.165. The molecule has 0 N–H and O–H groups in total. The van der Waals surface area contributed by atoms with Crippen LogP contribution in [0.4, 0.5) is 13.2 Å². The second-order valence-electron chi connectivity index (χ2n) is 4.92. The SMILES string of the molecule is C=N/C=C(\C=N/C)S(=O)(=O)N(C)[C@@H](C)c1ccc(C(F)(F)F)cc1. The summed E-state index contributed by atoms with van der Waals surface area (Å²) in [6, 6.07) is 3.66. The van der Waals surface area contributed by atoms with Crippen molar-refractivity contribution in [1.82, 2.24) is 4.31 Å². The van der Waals surface area contributed by atoms with Gasteiger partial charge in [0.05, 0.1) is 5.56 Å². The first kappa shape index (κ1) is 20.0. The van der Waals surface area contributed by atoms with Gasteiger partial charge >= 0.3 is 6.18 Å². The average molecular weight is 361 g/mol. The van der Waals surface area contributed by atoms with E-state index < -0.39 is 27.8 Å². The topological polar surface area (TPSA) is 62.1 Å². The van der Waals surface area contributed by atoms with Crippen molar-refractivity contribution in [2.75, 3.05) is 14.1 Å². The molecule has 1 aromatic rings. The normalized spacial score (nSPS) is 15.0. The Morgan fingerprint density at radius 3 is 2.25 bits per heavy atom. The molecule has 0 amide bonds. The molecule has 9 heteroatoms. The minimum atomic E-state index is -4.44. The summed E-state index contributed by atoms with van der Waals surface area (Å²) in [7, 11) is -1.18. The third-order valence-electron chi connectivity index (χ3n) is 3.42. The van der Waals surface area contributed by atoms with E-state index in [1.165, 1.54) is 26.2 Å². The number of hydrogen-bond donors (Lipinski definition) is 0. The third kappa shape index (κ3) is 4.51. The Balaban J connectivity index is 3.16. The lowest BCUT2D eigenvalue weighted by Crippen LogP contribution is -2.31. The van der Waals surface area contributed by atoms with Gasteiger partial charge in [-0.2, -0.15) is 17.5 Å². The summed E-state index contributed by atoms with van der Waals surface area (Å²) in [5.41, 5.74) is -0.369. The number of benzene rings is 1. The van der Waals surface area contributed by atoms with Crippen molar-refractivity contribution >= 4 is 23.0 Å². The molecule has 0 spiro atoms. The van der Waals surface area contributed by atoms with Crippen LogP contribution in [0, 0.1) is 0 Å². The van der Waals surface area contributed by atoms with E-state index >= 15 is 0 Å². The Bertz CT molecular complexity index is 738. The maximum atomic E-state index is 12.6. The van der Waals surface area contributed by atoms with E-state index in [0.29, 0.717) is 5.56 Å². The van der Waals surface area contributed by atoms with Crippen LogP contribution in [0.25, 0.3) is 0 Å². The summed E-state index contributed by atoms with van der Waals surface area (Å²) in [6.45, 7) is 4.79. The lowest BCUT2D eigenvalue weighted by Gasteiger charge is -2.25. The number of halogens is 3. The smallest absolute Gasteiger partial charge is 0.295 e. The van der Waals surface area contributed by atoms with E-state index in [4.69, 9.17) is 0 Å². The number of sulfonamides is 1. The summed E-state index contributed by atoms with van der Waals surface area (Å²) >= 11 is 0. The van der Waals surface area contributed by atoms with E-state index in [1.54, 1.807) is 6.92 Å². The zero-order valence-electron chi connectivity index (χ0n) is 13.4. The molecular formula is C15H18F3N3O2S. The zero-order chi connectivity index (χ0) is 18.5. The van der Waals surface area contributed by atoms with Crippen molar-refractivity contribution in [2.45, 2.75) is 19.1 Å². The van der Waals surface area contributed by atoms with Crippen LogP contribution in [-0.4, -0.2) is 39.8 Å². The van der Waals surface area contributed by atoms with E-state index in [9.17, 15) is 21.6 Å². The molecule has 0 heterocycles. The molecule has 0 fully saturated rings. The lowest BCUT2D eigenvalue weighted by atomic mass is 10.1. The molecule has 24 heavy (non-hydrogen) atoms. The van der Waals surface area contributed by atoms with E-state index in [1.807, 2.05) is 0 Å². The molecule has 0 aliphatic rings. The van der Waals surface area contributed by atoms with Gasteiger partial charge in [0.15, 0.2) is 0 Å². The maximum absolute atomic E-state index is 12.6. The summed E-state index contributed by atoms with van der Waals surface area (Å²) < 4.78 is 63.9. The molecule has 0 bridgehead atoms. The van der Waals surface area contributed by atoms with Crippen molar-refractivity contribution in [2.24, 2.45) is 9.98 Å². The van der Waals surface area contributed by atoms with Crippen LogP contribution in [0.2, 0.25) is 0 Å². The lowest BCUT2D eigenvalue weighted by molar-refractivity contribution is -0.137. The zero-order valence-corrected chi connectivity index (χ0v) is 14.3. The number of rotatable bonds is 6. The second kappa shape index (κ2) is 7.71. The molecule has 0 aromatic heterocycles. The van der Waals surface area contributed by atoms with Crippen molar-refractivity contribution in [3.8, 4) is 0 Å². The number of aliphatic imine (C=N–C) groups is 2. The molecule has 5 nitrogen and oxygen atoms in total. The molecular weight excluding hydrogens is 343 g/mol. The van der Waals surface area contributed by atoms with Gasteiger partial charge in [-0.3, -0.25) is 9.98 Å². The fraction of sp³-hybridized carbons (Fsp3) is 0.333. The number of alkyl halides is 3. The van der Waals surface area contributed by atoms with Crippen LogP contribution in [0.5, 0.6) is 0 Å². The van der Waals surface area contributed by atoms with Crippen LogP contribution in [-0.2, 0) is 16.2 Å². The van der Waals surface area contributed by atoms with Crippen molar-refractivity contribution in [3.05, 3.63) is 46.5 Å². The molecule has 0 radical (unpaired) electrons. The number of hydrogen-bond acceptors (Lipinski definition) is 4. The van der Waals surface area contributed by atoms with Crippen molar-refractivity contribution in [1.29, 1.82) is 0 Å². The highest BCUT2D eigenvalue weighted by Gasteiger charge is 2.31. The number of nitrogens with zero attached hydrogens (tertiary/aromatic N) is 3. The Morgan fingerprint density at radius 2 is 1.83 bits per heavy atom. The number of allylic oxidation sites excluding steroid dienone is 1. The summed E-state index contributed by atoms with van der Waals surface area (Å²) in [6.07, 6.45) is -2.26. The fourth-order valence-electron chi connectivity index (χ4n) is 1.92. The first-order valence-corrected chi connectivity index (χ1v) is 8.23. The first-order valence-electron chi connectivity index (χ1n) is 6.79. The van der Waals surface area contributed by atoms with Gasteiger partial charge in [-0.1, -0.05) is 12.1 Å². The predicted octanol–water partition coefficient (Wildman–Crippen LogP) is 3.27. The van der Waals surface area contributed by atoms with Crippen LogP contribution in [0.1, 0.15) is 24.1 Å². The van der Waals surface area contributed by atoms with Crippen LogP contribution >= 0.6 is 0 Å². The molecule has 0 aliphatic carbocycles. The van der Waals surface area contributed by atoms with Gasteiger partial charge in [-0.05, 0) is 31.3 Å². The predicted molar refractivity (Wildman–Crippen MR) is 88.6 cm³/mol. The quantitative estimate of drug-likeness (QED) is 0.730. The molecule has 0 unspecified atom stereocenters. The highest BCUT2D eigenvalue weighted by molar-refractivity contribution is 7.93. The van der Waals surface area contributed by atoms with Gasteiger partial charge in [-0.15, -0.1) is 0 Å². The third-order valence-corrected chi connectivity index (χ3v) is 5.30. The van der Waals surface area contributed by atoms with Crippen LogP contribution < -0.4 is 0 Å². The Hall–Kier alpha value is -2.00. The summed E-state index contributed by atoms with van der Waals surface area (Å²) in [5.74, 6) is 0. The second-order valence-corrected chi connectivity index (χ2v) is 6.92. The highest BCUT2D eigenvalue weighted by atomic mass is 32.2. The highest BCUT2D eigenvalue weighted by Crippen LogP contribution is 2.31. The Morgan fingerprint density at radius 1 is 1.29 bits per heavy atom. The van der Waals surface area contributed by atoms with E-state index in [0.717, 1.165) is 28.9 Å². The van der Waals surface area contributed by atoms with Gasteiger partial charge in [0, 0.05) is 32.6 Å². The molecule has 132 valence electrons. The standard InChI is InChI=1S/C15H18F3N3O2S/c1-11(12-5-7-13(8-6-12)15(16,17)18)21(4)24(22,23)14(9-19-2)10-20-3/h5-11H,2H2,1,3-4H3/b14-9+,20-10-/t11-/m0/s1. The minimum Gasteiger partial charge on any atom is -0.295 e. The average Bonchev–Trinajstić information content (AvgIpc) is 2.52. The molecule has 1 aromatic carbocycles. The van der Waals surface area contributed by atoms with Gasteiger partial charge in [0.25, 0.3) is 0 Å². The van der Waals surface area contributed by atoms with Crippen LogP contribution in [0.15, 0.2) is 45.4 Å². The molecule has 0 saturated carbocycles. The van der Waals surface area contributed by atoms with E-state index in [2.05, 4.69) is 16.7 Å². The molecule has 0 aliphatic heterocycles. The Kier molecular flexibility index (Phi) is 6.44. The van der Waals surface area contributed by atoms with Gasteiger partial charge in [0.1, 0.15) is 4.91 Å². The van der Waals surface area contributed by atoms with E-state index in [-0.39, 0.29) is 4.91 Å². The molecule has 1 rings (SSSR count). The Labute approximate surface area is 139 Å². The van der Waals surface area contributed by atoms with Crippen LogP contribution in [0.3, 0.4) is 0 Å². The van der Waals surface area contributed by atoms with Gasteiger partial charge < -0.3 is 0 Å². The largest absolute Gasteiger partial charge is 0.416 e. The summed E-state index contributed by atoms with van der Waals surface area (Å²) in [5, 5.41) is 0. The van der Waals surface area contributed by atoms with Crippen molar-refractivity contribution < 1.29 is 21.6 Å².